The number of ether oxygens (including phenoxy) is 6. The average molecular weight is 763 g/mol. The van der Waals surface area contributed by atoms with Crippen LogP contribution in [0.15, 0.2) is 49.6 Å². The van der Waals surface area contributed by atoms with E-state index in [0.29, 0.717) is 11.5 Å². The first-order valence-corrected chi connectivity index (χ1v) is 20.1. The fourth-order valence-electron chi connectivity index (χ4n) is 5.17. The lowest BCUT2D eigenvalue weighted by Crippen LogP contribution is -2.32. The number of hydrogen-bond donors (Lipinski definition) is 0. The summed E-state index contributed by atoms with van der Waals surface area (Å²) in [4.78, 5) is 48.8. The normalized spacial score (nSPS) is 15.8. The molecule has 0 aromatic heterocycles. The van der Waals surface area contributed by atoms with E-state index in [-0.39, 0.29) is 47.5 Å². The van der Waals surface area contributed by atoms with Gasteiger partial charge in [0, 0.05) is 35.2 Å². The molecular weight excluding hydrogens is 721 g/mol. The molecule has 14 heteroatoms. The minimum atomic E-state index is -0.811. The maximum absolute atomic E-state index is 12.4. The van der Waals surface area contributed by atoms with Crippen LogP contribution in [-0.4, -0.2) is 94.7 Å². The third kappa shape index (κ3) is 11.4. The van der Waals surface area contributed by atoms with Crippen molar-refractivity contribution in [3.63, 3.8) is 0 Å². The molecule has 0 saturated carbocycles. The smallest absolute Gasteiger partial charge is 0.330 e. The van der Waals surface area contributed by atoms with E-state index in [1.807, 2.05) is 52.0 Å². The Kier molecular flexibility index (Phi) is 15.4. The van der Waals surface area contributed by atoms with Crippen LogP contribution < -0.4 is 9.47 Å². The molecule has 0 spiro atoms. The van der Waals surface area contributed by atoms with Crippen molar-refractivity contribution in [2.75, 3.05) is 49.4 Å². The third-order valence-electron chi connectivity index (χ3n) is 7.43. The molecule has 10 nitrogen and oxygen atoms in total. The largest absolute Gasteiger partial charge is 0.489 e. The first-order valence-electron chi connectivity index (χ1n) is 15.9. The summed E-state index contributed by atoms with van der Waals surface area (Å²) in [5.41, 5.74) is 5.42. The lowest BCUT2D eigenvalue weighted by atomic mass is 9.96. The van der Waals surface area contributed by atoms with Crippen molar-refractivity contribution in [3.05, 3.63) is 71.8 Å². The highest BCUT2D eigenvalue weighted by Crippen LogP contribution is 2.36. The summed E-state index contributed by atoms with van der Waals surface area (Å²) in [6, 6.07) is 8.04. The number of thioether (sulfide) groups is 4. The standard InChI is InChI=1S/C36H42O10S4/c1-7-29(37)45-27(19-43-33(39)35-47-9-10-48-35)17-41-31-21(3)13-25(14-22(31)4)26-15-23(5)32(24(6)16-26)42-18-28(46-30(38)8-2)20-44-34(40)36-49-11-12-50-36/h7-8,13-16,27-28,35-36H,1-2,9-12,17-20H2,3-6H3. The number of esters is 4. The number of rotatable bonds is 17. The van der Waals surface area contributed by atoms with Crippen LogP contribution in [0.1, 0.15) is 22.3 Å². The Balaban J connectivity index is 1.41. The first-order chi connectivity index (χ1) is 24.0. The van der Waals surface area contributed by atoms with E-state index < -0.39 is 24.1 Å². The van der Waals surface area contributed by atoms with Gasteiger partial charge in [-0.1, -0.05) is 13.2 Å². The molecule has 0 N–H and O–H groups in total. The van der Waals surface area contributed by atoms with Crippen LogP contribution in [0.4, 0.5) is 0 Å². The summed E-state index contributed by atoms with van der Waals surface area (Å²) in [5, 5.41) is 0. The molecule has 2 saturated heterocycles. The quantitative estimate of drug-likeness (QED) is 0.103. The van der Waals surface area contributed by atoms with Gasteiger partial charge in [0.25, 0.3) is 0 Å². The predicted molar refractivity (Wildman–Crippen MR) is 201 cm³/mol. The van der Waals surface area contributed by atoms with Gasteiger partial charge in [0.2, 0.25) is 0 Å². The topological polar surface area (TPSA) is 124 Å². The second-order valence-electron chi connectivity index (χ2n) is 11.4. The fourth-order valence-corrected chi connectivity index (χ4v) is 10.3. The highest BCUT2D eigenvalue weighted by molar-refractivity contribution is 8.21. The van der Waals surface area contributed by atoms with Crippen LogP contribution in [0.3, 0.4) is 0 Å². The van der Waals surface area contributed by atoms with Crippen molar-refractivity contribution in [3.8, 4) is 22.6 Å². The highest BCUT2D eigenvalue weighted by Gasteiger charge is 2.29. The van der Waals surface area contributed by atoms with E-state index in [9.17, 15) is 19.2 Å². The van der Waals surface area contributed by atoms with Gasteiger partial charge in [-0.25, -0.2) is 19.2 Å². The summed E-state index contributed by atoms with van der Waals surface area (Å²) in [6.45, 7) is 14.4. The summed E-state index contributed by atoms with van der Waals surface area (Å²) in [7, 11) is 0. The molecule has 2 unspecified atom stereocenters. The van der Waals surface area contributed by atoms with Crippen LogP contribution in [0.5, 0.6) is 11.5 Å². The fraction of sp³-hybridized carbons (Fsp3) is 0.444. The van der Waals surface area contributed by atoms with E-state index in [4.69, 9.17) is 28.4 Å². The third-order valence-corrected chi connectivity index (χ3v) is 13.3. The molecule has 50 heavy (non-hydrogen) atoms. The van der Waals surface area contributed by atoms with Crippen molar-refractivity contribution in [1.29, 1.82) is 0 Å². The number of hydrogen-bond acceptors (Lipinski definition) is 14. The number of carbonyl (C=O) groups is 4. The zero-order valence-electron chi connectivity index (χ0n) is 28.6. The molecular formula is C36H42O10S4. The molecule has 2 aliphatic heterocycles. The monoisotopic (exact) mass is 762 g/mol. The van der Waals surface area contributed by atoms with Gasteiger partial charge >= 0.3 is 23.9 Å². The zero-order valence-corrected chi connectivity index (χ0v) is 31.8. The van der Waals surface area contributed by atoms with E-state index in [1.54, 1.807) is 0 Å². The molecule has 2 heterocycles. The molecule has 2 fully saturated rings. The Hall–Kier alpha value is -3.20. The lowest BCUT2D eigenvalue weighted by molar-refractivity contribution is -0.156. The van der Waals surface area contributed by atoms with Gasteiger partial charge in [0.1, 0.15) is 47.1 Å². The molecule has 270 valence electrons. The van der Waals surface area contributed by atoms with Crippen LogP contribution >= 0.6 is 47.0 Å². The Morgan fingerprint density at radius 3 is 1.24 bits per heavy atom. The molecule has 0 aliphatic carbocycles. The summed E-state index contributed by atoms with van der Waals surface area (Å²) < 4.78 is 33.5. The Morgan fingerprint density at radius 2 is 0.940 bits per heavy atom. The van der Waals surface area contributed by atoms with Crippen LogP contribution in [-0.2, 0) is 38.1 Å². The van der Waals surface area contributed by atoms with Gasteiger partial charge in [-0.15, -0.1) is 47.0 Å². The Morgan fingerprint density at radius 1 is 0.620 bits per heavy atom. The van der Waals surface area contributed by atoms with Crippen molar-refractivity contribution in [2.45, 2.75) is 49.1 Å². The van der Waals surface area contributed by atoms with Crippen molar-refractivity contribution >= 4 is 70.9 Å². The summed E-state index contributed by atoms with van der Waals surface area (Å²) >= 11 is 6.16. The number of benzene rings is 2. The highest BCUT2D eigenvalue weighted by atomic mass is 32.2. The van der Waals surface area contributed by atoms with Gasteiger partial charge in [-0.2, -0.15) is 0 Å². The van der Waals surface area contributed by atoms with Crippen LogP contribution in [0.25, 0.3) is 11.1 Å². The molecule has 2 aromatic carbocycles. The zero-order chi connectivity index (χ0) is 36.2. The van der Waals surface area contributed by atoms with E-state index in [2.05, 4.69) is 13.2 Å². The molecule has 4 rings (SSSR count). The molecule has 2 aromatic rings. The molecule has 0 bridgehead atoms. The predicted octanol–water partition coefficient (Wildman–Crippen LogP) is 6.24. The average Bonchev–Trinajstić information content (AvgIpc) is 3.84. The first kappa shape index (κ1) is 39.6. The SMILES string of the molecule is C=CC(=O)OC(COC(=O)C1SCCS1)COc1c(C)cc(-c2cc(C)c(OCC(COC(=O)C3SCCS3)OC(=O)C=C)c(C)c2)cc1C. The Labute approximate surface area is 310 Å². The van der Waals surface area contributed by atoms with Gasteiger partial charge in [0.15, 0.2) is 12.2 Å². The minimum absolute atomic E-state index is 0.0100. The van der Waals surface area contributed by atoms with Gasteiger partial charge < -0.3 is 28.4 Å². The molecule has 0 amide bonds. The molecule has 0 radical (unpaired) electrons. The lowest BCUT2D eigenvalue weighted by Gasteiger charge is -2.21. The number of aryl methyl sites for hydroxylation is 4. The van der Waals surface area contributed by atoms with Crippen molar-refractivity contribution in [1.82, 2.24) is 0 Å². The maximum atomic E-state index is 12.4. The van der Waals surface area contributed by atoms with E-state index in [0.717, 1.165) is 68.5 Å². The van der Waals surface area contributed by atoms with E-state index in [1.165, 1.54) is 47.0 Å². The Bertz CT molecular complexity index is 1400. The molecule has 2 aliphatic rings. The van der Waals surface area contributed by atoms with Crippen LogP contribution in [0.2, 0.25) is 0 Å². The van der Waals surface area contributed by atoms with Crippen molar-refractivity contribution in [2.24, 2.45) is 0 Å². The van der Waals surface area contributed by atoms with Crippen LogP contribution in [0, 0.1) is 27.7 Å². The van der Waals surface area contributed by atoms with Gasteiger partial charge in [-0.3, -0.25) is 0 Å². The maximum Gasteiger partial charge on any atom is 0.330 e. The molecule has 2 atom stereocenters. The second-order valence-corrected chi connectivity index (χ2v) is 16.9. The van der Waals surface area contributed by atoms with Crippen molar-refractivity contribution < 1.29 is 47.6 Å². The minimum Gasteiger partial charge on any atom is -0.489 e. The summed E-state index contributed by atoms with van der Waals surface area (Å²) in [6.07, 6.45) is 0.502. The van der Waals surface area contributed by atoms with E-state index >= 15 is 0 Å². The van der Waals surface area contributed by atoms with Gasteiger partial charge in [-0.05, 0) is 85.3 Å². The summed E-state index contributed by atoms with van der Waals surface area (Å²) in [5.74, 6) is 2.90. The number of carbonyl (C=O) groups excluding carboxylic acids is 4. The van der Waals surface area contributed by atoms with Gasteiger partial charge in [0.05, 0.1) is 0 Å². The second kappa shape index (κ2) is 19.4.